The minimum Gasteiger partial charge on any atom is -0.493 e. The molecular weight excluding hydrogens is 312 g/mol. The second-order valence-corrected chi connectivity index (χ2v) is 6.03. The average molecular weight is 334 g/mol. The molecule has 1 aromatic carbocycles. The van der Waals surface area contributed by atoms with Crippen molar-refractivity contribution in [3.63, 3.8) is 0 Å². The Balaban J connectivity index is 1.95. The van der Waals surface area contributed by atoms with Crippen LogP contribution in [0.25, 0.3) is 0 Å². The van der Waals surface area contributed by atoms with Gasteiger partial charge in [0.15, 0.2) is 11.5 Å². The summed E-state index contributed by atoms with van der Waals surface area (Å²) in [6, 6.07) is 9.44. The first-order valence-electron chi connectivity index (χ1n) is 7.42. The van der Waals surface area contributed by atoms with Gasteiger partial charge in [-0.25, -0.2) is 0 Å². The van der Waals surface area contributed by atoms with Crippen molar-refractivity contribution in [1.82, 2.24) is 4.90 Å². The van der Waals surface area contributed by atoms with Gasteiger partial charge in [-0.3, -0.25) is 9.69 Å². The van der Waals surface area contributed by atoms with Crippen LogP contribution in [0.1, 0.15) is 11.8 Å². The number of amides is 1. The van der Waals surface area contributed by atoms with Crippen LogP contribution in [-0.4, -0.2) is 38.1 Å². The van der Waals surface area contributed by atoms with Gasteiger partial charge in [-0.2, -0.15) is 0 Å². The normalized spacial score (nSPS) is 10.6. The standard InChI is InChI=1S/C17H22N2O3S/c1-4-19(11-14-6-5-9-23-14)12-17(20)18-13-7-8-15(21-2)16(10-13)22-3/h5-10H,4,11-12H2,1-3H3,(H,18,20). The lowest BCUT2D eigenvalue weighted by Gasteiger charge is -2.19. The minimum absolute atomic E-state index is 0.0457. The number of hydrogen-bond donors (Lipinski definition) is 1. The number of nitrogens with zero attached hydrogens (tertiary/aromatic N) is 1. The quantitative estimate of drug-likeness (QED) is 0.805. The monoisotopic (exact) mass is 334 g/mol. The van der Waals surface area contributed by atoms with Crippen molar-refractivity contribution in [3.05, 3.63) is 40.6 Å². The Kier molecular flexibility index (Phi) is 6.43. The second-order valence-electron chi connectivity index (χ2n) is 5.00. The highest BCUT2D eigenvalue weighted by molar-refractivity contribution is 7.09. The molecule has 0 aliphatic rings. The van der Waals surface area contributed by atoms with Gasteiger partial charge in [0.05, 0.1) is 20.8 Å². The number of methoxy groups -OCH3 is 2. The second kappa shape index (κ2) is 8.55. The van der Waals surface area contributed by atoms with Crippen molar-refractivity contribution in [2.75, 3.05) is 32.6 Å². The molecule has 1 N–H and O–H groups in total. The Bertz CT molecular complexity index is 629. The van der Waals surface area contributed by atoms with E-state index in [1.807, 2.05) is 11.4 Å². The fourth-order valence-corrected chi connectivity index (χ4v) is 2.97. The molecule has 0 saturated carbocycles. The van der Waals surface area contributed by atoms with Gasteiger partial charge in [-0.15, -0.1) is 11.3 Å². The summed E-state index contributed by atoms with van der Waals surface area (Å²) in [6.45, 7) is 4.00. The molecule has 0 aliphatic carbocycles. The molecule has 2 aromatic rings. The van der Waals surface area contributed by atoms with E-state index in [-0.39, 0.29) is 5.91 Å². The van der Waals surface area contributed by atoms with Crippen LogP contribution in [0, 0.1) is 0 Å². The zero-order valence-corrected chi connectivity index (χ0v) is 14.5. The van der Waals surface area contributed by atoms with Crippen LogP contribution in [0.4, 0.5) is 5.69 Å². The van der Waals surface area contributed by atoms with Gasteiger partial charge in [0.25, 0.3) is 0 Å². The lowest BCUT2D eigenvalue weighted by molar-refractivity contribution is -0.117. The van der Waals surface area contributed by atoms with E-state index in [4.69, 9.17) is 9.47 Å². The van der Waals surface area contributed by atoms with Gasteiger partial charge in [0.2, 0.25) is 5.91 Å². The van der Waals surface area contributed by atoms with Crippen LogP contribution in [0.5, 0.6) is 11.5 Å². The maximum absolute atomic E-state index is 12.2. The molecule has 1 aromatic heterocycles. The van der Waals surface area contributed by atoms with E-state index in [9.17, 15) is 4.79 Å². The highest BCUT2D eigenvalue weighted by Gasteiger charge is 2.12. The van der Waals surface area contributed by atoms with E-state index in [1.165, 1.54) is 4.88 Å². The van der Waals surface area contributed by atoms with Crippen LogP contribution in [-0.2, 0) is 11.3 Å². The van der Waals surface area contributed by atoms with Crippen molar-refractivity contribution in [1.29, 1.82) is 0 Å². The molecule has 0 bridgehead atoms. The molecule has 0 atom stereocenters. The van der Waals surface area contributed by atoms with Crippen molar-refractivity contribution in [3.8, 4) is 11.5 Å². The van der Waals surface area contributed by atoms with E-state index in [0.717, 1.165) is 13.1 Å². The topological polar surface area (TPSA) is 50.8 Å². The number of hydrogen-bond acceptors (Lipinski definition) is 5. The van der Waals surface area contributed by atoms with E-state index < -0.39 is 0 Å². The molecule has 23 heavy (non-hydrogen) atoms. The van der Waals surface area contributed by atoms with Gasteiger partial charge < -0.3 is 14.8 Å². The highest BCUT2D eigenvalue weighted by Crippen LogP contribution is 2.29. The third-order valence-corrected chi connectivity index (χ3v) is 4.30. The molecular formula is C17H22N2O3S. The summed E-state index contributed by atoms with van der Waals surface area (Å²) in [6.07, 6.45) is 0. The lowest BCUT2D eigenvalue weighted by Crippen LogP contribution is -2.32. The third kappa shape index (κ3) is 4.97. The van der Waals surface area contributed by atoms with E-state index in [2.05, 4.69) is 23.2 Å². The number of rotatable bonds is 8. The largest absolute Gasteiger partial charge is 0.493 e. The number of carbonyl (C=O) groups is 1. The molecule has 1 amide bonds. The van der Waals surface area contributed by atoms with Crippen molar-refractivity contribution < 1.29 is 14.3 Å². The van der Waals surface area contributed by atoms with E-state index in [1.54, 1.807) is 43.8 Å². The number of nitrogens with one attached hydrogen (secondary N) is 1. The summed E-state index contributed by atoms with van der Waals surface area (Å²) >= 11 is 1.70. The first kappa shape index (κ1) is 17.3. The summed E-state index contributed by atoms with van der Waals surface area (Å²) in [5.74, 6) is 1.19. The number of anilines is 1. The molecule has 0 aliphatic heterocycles. The summed E-state index contributed by atoms with van der Waals surface area (Å²) in [5.41, 5.74) is 0.694. The van der Waals surface area contributed by atoms with Gasteiger partial charge >= 0.3 is 0 Å². The number of likely N-dealkylation sites (N-methyl/N-ethyl adjacent to an activating group) is 1. The zero-order valence-electron chi connectivity index (χ0n) is 13.7. The fraction of sp³-hybridized carbons (Fsp3) is 0.353. The fourth-order valence-electron chi connectivity index (χ4n) is 2.22. The number of thiophene rings is 1. The molecule has 0 unspecified atom stereocenters. The lowest BCUT2D eigenvalue weighted by atomic mass is 10.2. The van der Waals surface area contributed by atoms with Crippen molar-refractivity contribution >= 4 is 22.9 Å². The minimum atomic E-state index is -0.0457. The Morgan fingerprint density at radius 3 is 2.61 bits per heavy atom. The SMILES string of the molecule is CCN(CC(=O)Nc1ccc(OC)c(OC)c1)Cc1cccs1. The predicted molar refractivity (Wildman–Crippen MR) is 93.4 cm³/mol. The Morgan fingerprint density at radius 1 is 1.22 bits per heavy atom. The summed E-state index contributed by atoms with van der Waals surface area (Å²) < 4.78 is 10.4. The first-order chi connectivity index (χ1) is 11.2. The van der Waals surface area contributed by atoms with Gasteiger partial charge in [0.1, 0.15) is 0 Å². The Hall–Kier alpha value is -2.05. The Morgan fingerprint density at radius 2 is 2.00 bits per heavy atom. The van der Waals surface area contributed by atoms with E-state index >= 15 is 0 Å². The maximum Gasteiger partial charge on any atom is 0.238 e. The van der Waals surface area contributed by atoms with Crippen molar-refractivity contribution in [2.24, 2.45) is 0 Å². The molecule has 0 spiro atoms. The summed E-state index contributed by atoms with van der Waals surface area (Å²) in [4.78, 5) is 15.6. The smallest absolute Gasteiger partial charge is 0.238 e. The van der Waals surface area contributed by atoms with Gasteiger partial charge in [-0.1, -0.05) is 13.0 Å². The molecule has 0 saturated heterocycles. The number of carbonyl (C=O) groups excluding carboxylic acids is 1. The molecule has 124 valence electrons. The van der Waals surface area contributed by atoms with Crippen molar-refractivity contribution in [2.45, 2.75) is 13.5 Å². The average Bonchev–Trinajstić information content (AvgIpc) is 3.07. The number of ether oxygens (including phenoxy) is 2. The zero-order chi connectivity index (χ0) is 16.7. The van der Waals surface area contributed by atoms with Crippen LogP contribution in [0.2, 0.25) is 0 Å². The van der Waals surface area contributed by atoms with Crippen LogP contribution in [0.15, 0.2) is 35.7 Å². The predicted octanol–water partition coefficient (Wildman–Crippen LogP) is 3.23. The Labute approximate surface area is 140 Å². The molecule has 0 fully saturated rings. The van der Waals surface area contributed by atoms with Crippen LogP contribution >= 0.6 is 11.3 Å². The maximum atomic E-state index is 12.2. The van der Waals surface area contributed by atoms with Gasteiger partial charge in [0, 0.05) is 23.2 Å². The molecule has 0 radical (unpaired) electrons. The molecule has 1 heterocycles. The summed E-state index contributed by atoms with van der Waals surface area (Å²) in [5, 5.41) is 4.95. The van der Waals surface area contributed by atoms with Crippen LogP contribution < -0.4 is 14.8 Å². The summed E-state index contributed by atoms with van der Waals surface area (Å²) in [7, 11) is 3.16. The third-order valence-electron chi connectivity index (χ3n) is 3.44. The molecule has 6 heteroatoms. The first-order valence-corrected chi connectivity index (χ1v) is 8.30. The van der Waals surface area contributed by atoms with Crippen LogP contribution in [0.3, 0.4) is 0 Å². The van der Waals surface area contributed by atoms with Gasteiger partial charge in [-0.05, 0) is 30.1 Å². The molecule has 2 rings (SSSR count). The highest BCUT2D eigenvalue weighted by atomic mass is 32.1. The number of benzene rings is 1. The van der Waals surface area contributed by atoms with E-state index in [0.29, 0.717) is 23.7 Å². The molecule has 5 nitrogen and oxygen atoms in total.